The van der Waals surface area contributed by atoms with E-state index in [2.05, 4.69) is 9.73 Å². The topological polar surface area (TPSA) is 38.7 Å². The molecule has 0 spiro atoms. The number of halogens is 1. The first-order chi connectivity index (χ1) is 7.11. The van der Waals surface area contributed by atoms with Crippen LogP contribution in [-0.2, 0) is 9.53 Å². The number of benzene rings is 1. The molecule has 1 aromatic rings. The molecule has 0 amide bonds. The van der Waals surface area contributed by atoms with Gasteiger partial charge in [-0.25, -0.2) is 4.39 Å². The third-order valence-electron chi connectivity index (χ3n) is 1.77. The van der Waals surface area contributed by atoms with Crippen molar-refractivity contribution in [1.29, 1.82) is 0 Å². The summed E-state index contributed by atoms with van der Waals surface area (Å²) in [5.41, 5.74) is 1.26. The van der Waals surface area contributed by atoms with Crippen molar-refractivity contribution in [2.24, 2.45) is 4.99 Å². The summed E-state index contributed by atoms with van der Waals surface area (Å²) in [5.74, 6) is -0.641. The van der Waals surface area contributed by atoms with Crippen LogP contribution in [0.25, 0.3) is 0 Å². The van der Waals surface area contributed by atoms with Crippen molar-refractivity contribution in [2.75, 3.05) is 7.11 Å². The predicted octanol–water partition coefficient (Wildman–Crippen LogP) is 2.48. The van der Waals surface area contributed by atoms with Crippen LogP contribution < -0.4 is 0 Å². The minimum Gasteiger partial charge on any atom is -0.469 e. The highest BCUT2D eigenvalue weighted by Gasteiger charge is 2.02. The Morgan fingerprint density at radius 3 is 2.53 bits per heavy atom. The van der Waals surface area contributed by atoms with E-state index >= 15 is 0 Å². The number of hydrogen-bond donors (Lipinski definition) is 0. The van der Waals surface area contributed by atoms with Crippen molar-refractivity contribution >= 4 is 17.4 Å². The van der Waals surface area contributed by atoms with E-state index < -0.39 is 0 Å². The fourth-order valence-corrected chi connectivity index (χ4v) is 1.06. The second-order valence-electron chi connectivity index (χ2n) is 3.08. The Bertz CT molecular complexity index is 371. The third-order valence-corrected chi connectivity index (χ3v) is 1.77. The van der Waals surface area contributed by atoms with Crippen LogP contribution in [0.2, 0.25) is 0 Å². The molecule has 15 heavy (non-hydrogen) atoms. The zero-order valence-corrected chi connectivity index (χ0v) is 8.66. The number of nitrogens with zero attached hydrogens (tertiary/aromatic N) is 1. The molecule has 0 aromatic heterocycles. The van der Waals surface area contributed by atoms with E-state index in [4.69, 9.17) is 0 Å². The van der Waals surface area contributed by atoms with E-state index in [0.717, 1.165) is 0 Å². The van der Waals surface area contributed by atoms with E-state index in [9.17, 15) is 9.18 Å². The van der Waals surface area contributed by atoms with E-state index in [1.54, 1.807) is 19.1 Å². The predicted molar refractivity (Wildman–Crippen MR) is 55.8 cm³/mol. The molecule has 3 nitrogen and oxygen atoms in total. The first-order valence-corrected chi connectivity index (χ1v) is 4.48. The molecule has 80 valence electrons. The summed E-state index contributed by atoms with van der Waals surface area (Å²) >= 11 is 0. The van der Waals surface area contributed by atoms with Gasteiger partial charge < -0.3 is 4.74 Å². The summed E-state index contributed by atoms with van der Waals surface area (Å²) in [7, 11) is 1.33. The number of aliphatic imine (C=N–C) groups is 1. The number of carbonyl (C=O) groups is 1. The molecule has 0 fully saturated rings. The van der Waals surface area contributed by atoms with E-state index in [0.29, 0.717) is 11.4 Å². The summed E-state index contributed by atoms with van der Waals surface area (Å²) in [6.45, 7) is 1.72. The van der Waals surface area contributed by atoms with Gasteiger partial charge in [0.05, 0.1) is 19.2 Å². The van der Waals surface area contributed by atoms with Gasteiger partial charge in [0, 0.05) is 5.71 Å². The molecule has 0 unspecified atom stereocenters. The van der Waals surface area contributed by atoms with E-state index in [1.165, 1.54) is 19.2 Å². The van der Waals surface area contributed by atoms with Crippen molar-refractivity contribution in [1.82, 2.24) is 0 Å². The largest absolute Gasteiger partial charge is 0.469 e. The number of carbonyl (C=O) groups excluding carboxylic acids is 1. The highest BCUT2D eigenvalue weighted by molar-refractivity contribution is 5.98. The van der Waals surface area contributed by atoms with Gasteiger partial charge in [0.15, 0.2) is 0 Å². The maximum atomic E-state index is 12.6. The van der Waals surface area contributed by atoms with Gasteiger partial charge in [-0.05, 0) is 31.2 Å². The Hall–Kier alpha value is -1.71. The maximum Gasteiger partial charge on any atom is 0.311 e. The SMILES string of the molecule is COC(=O)CC(C)=Nc1ccc(F)cc1. The zero-order chi connectivity index (χ0) is 11.3. The van der Waals surface area contributed by atoms with Gasteiger partial charge >= 0.3 is 5.97 Å². The summed E-state index contributed by atoms with van der Waals surface area (Å²) in [6.07, 6.45) is 0.147. The lowest BCUT2D eigenvalue weighted by atomic mass is 10.2. The second kappa shape index (κ2) is 5.24. The Balaban J connectivity index is 2.70. The van der Waals surface area contributed by atoms with Crippen LogP contribution in [0.3, 0.4) is 0 Å². The molecule has 0 N–H and O–H groups in total. The fourth-order valence-electron chi connectivity index (χ4n) is 1.06. The number of esters is 1. The Labute approximate surface area is 87.6 Å². The van der Waals surface area contributed by atoms with Gasteiger partial charge in [0.2, 0.25) is 0 Å². The molecule has 1 aromatic carbocycles. The average Bonchev–Trinajstić information content (AvgIpc) is 2.21. The number of rotatable bonds is 3. The average molecular weight is 209 g/mol. The summed E-state index contributed by atoms with van der Waals surface area (Å²) in [4.78, 5) is 15.0. The monoisotopic (exact) mass is 209 g/mol. The minimum absolute atomic E-state index is 0.147. The molecular weight excluding hydrogens is 197 g/mol. The first kappa shape index (κ1) is 11.4. The van der Waals surface area contributed by atoms with Gasteiger partial charge in [0.1, 0.15) is 5.82 Å². The molecule has 0 radical (unpaired) electrons. The van der Waals surface area contributed by atoms with E-state index in [1.807, 2.05) is 0 Å². The quantitative estimate of drug-likeness (QED) is 0.566. The smallest absolute Gasteiger partial charge is 0.311 e. The molecule has 0 saturated heterocycles. The molecule has 0 atom stereocenters. The van der Waals surface area contributed by atoms with Crippen molar-refractivity contribution in [3.63, 3.8) is 0 Å². The van der Waals surface area contributed by atoms with Crippen LogP contribution in [0.1, 0.15) is 13.3 Å². The van der Waals surface area contributed by atoms with Crippen LogP contribution in [0.4, 0.5) is 10.1 Å². The Morgan fingerprint density at radius 2 is 2.00 bits per heavy atom. The van der Waals surface area contributed by atoms with Crippen LogP contribution in [0, 0.1) is 5.82 Å². The third kappa shape index (κ3) is 3.89. The highest BCUT2D eigenvalue weighted by atomic mass is 19.1. The molecule has 0 aliphatic heterocycles. The first-order valence-electron chi connectivity index (χ1n) is 4.48. The molecule has 4 heteroatoms. The van der Waals surface area contributed by atoms with Crippen LogP contribution >= 0.6 is 0 Å². The Morgan fingerprint density at radius 1 is 1.40 bits per heavy atom. The molecule has 0 bridgehead atoms. The zero-order valence-electron chi connectivity index (χ0n) is 8.66. The van der Waals surface area contributed by atoms with Crippen LogP contribution in [0.15, 0.2) is 29.3 Å². The molecule has 0 heterocycles. The molecule has 0 aliphatic rings. The standard InChI is InChI=1S/C11H12FNO2/c1-8(7-11(14)15-2)13-10-5-3-9(12)4-6-10/h3-6H,7H2,1-2H3. The minimum atomic E-state index is -0.335. The van der Waals surface area contributed by atoms with E-state index in [-0.39, 0.29) is 18.2 Å². The maximum absolute atomic E-state index is 12.6. The van der Waals surface area contributed by atoms with Crippen molar-refractivity contribution in [3.05, 3.63) is 30.1 Å². The van der Waals surface area contributed by atoms with Gasteiger partial charge in [0.25, 0.3) is 0 Å². The van der Waals surface area contributed by atoms with Gasteiger partial charge in [-0.3, -0.25) is 9.79 Å². The van der Waals surface area contributed by atoms with Gasteiger partial charge in [-0.15, -0.1) is 0 Å². The summed E-state index contributed by atoms with van der Waals surface area (Å²) in [6, 6.07) is 5.75. The molecular formula is C11H12FNO2. The Kier molecular flexibility index (Phi) is 3.97. The van der Waals surface area contributed by atoms with Crippen molar-refractivity contribution in [3.8, 4) is 0 Å². The summed E-state index contributed by atoms with van der Waals surface area (Å²) < 4.78 is 17.1. The molecule has 0 saturated carbocycles. The number of hydrogen-bond acceptors (Lipinski definition) is 3. The molecule has 1 rings (SSSR count). The normalized spacial score (nSPS) is 11.3. The van der Waals surface area contributed by atoms with Crippen molar-refractivity contribution < 1.29 is 13.9 Å². The highest BCUT2D eigenvalue weighted by Crippen LogP contribution is 2.13. The lowest BCUT2D eigenvalue weighted by Gasteiger charge is -1.99. The number of ether oxygens (including phenoxy) is 1. The second-order valence-corrected chi connectivity index (χ2v) is 3.08. The summed E-state index contributed by atoms with van der Waals surface area (Å²) in [5, 5.41) is 0. The van der Waals surface area contributed by atoms with Crippen LogP contribution in [0.5, 0.6) is 0 Å². The van der Waals surface area contributed by atoms with Crippen LogP contribution in [-0.4, -0.2) is 18.8 Å². The molecule has 0 aliphatic carbocycles. The fraction of sp³-hybridized carbons (Fsp3) is 0.273. The van der Waals surface area contributed by atoms with Gasteiger partial charge in [-0.2, -0.15) is 0 Å². The van der Waals surface area contributed by atoms with Gasteiger partial charge in [-0.1, -0.05) is 0 Å². The number of methoxy groups -OCH3 is 1. The lowest BCUT2D eigenvalue weighted by molar-refractivity contribution is -0.139. The van der Waals surface area contributed by atoms with Crippen molar-refractivity contribution in [2.45, 2.75) is 13.3 Å². The lowest BCUT2D eigenvalue weighted by Crippen LogP contribution is -2.05.